The van der Waals surface area contributed by atoms with Gasteiger partial charge in [0.25, 0.3) is 5.71 Å². The topological polar surface area (TPSA) is 16.1 Å². The molecule has 0 aliphatic carbocycles. The lowest BCUT2D eigenvalue weighted by Crippen LogP contribution is -2.30. The van der Waals surface area contributed by atoms with Gasteiger partial charge in [0, 0.05) is 6.42 Å². The van der Waals surface area contributed by atoms with Crippen LogP contribution < -0.4 is 0 Å². The second-order valence-corrected chi connectivity index (χ2v) is 5.38. The van der Waals surface area contributed by atoms with E-state index in [1.165, 1.54) is 11.1 Å². The van der Waals surface area contributed by atoms with Crippen molar-refractivity contribution in [2.75, 3.05) is 13.1 Å². The van der Waals surface area contributed by atoms with Gasteiger partial charge in [-0.2, -0.15) is 0 Å². The minimum atomic E-state index is 0.761. The van der Waals surface area contributed by atoms with Gasteiger partial charge in [0.1, 0.15) is 6.54 Å². The van der Waals surface area contributed by atoms with Gasteiger partial charge < -0.3 is 4.42 Å². The summed E-state index contributed by atoms with van der Waals surface area (Å²) >= 11 is 3.38. The standard InChI is InChI=1S/C16H15BrNO/c1-2-10-18-11-9-12-5-3-4-6-13(12)16(18)14-7-8-15(17)19-14/h2-8H,1,9-11H2/q+1. The van der Waals surface area contributed by atoms with E-state index in [-0.39, 0.29) is 0 Å². The molecule has 0 saturated heterocycles. The molecule has 1 aliphatic rings. The quantitative estimate of drug-likeness (QED) is 0.624. The number of hydrogen-bond acceptors (Lipinski definition) is 1. The second-order valence-electron chi connectivity index (χ2n) is 4.59. The highest BCUT2D eigenvalue weighted by Gasteiger charge is 2.28. The number of rotatable bonds is 3. The molecule has 19 heavy (non-hydrogen) atoms. The van der Waals surface area contributed by atoms with Crippen LogP contribution in [0, 0.1) is 0 Å². The fourth-order valence-electron chi connectivity index (χ4n) is 2.58. The number of nitrogens with zero attached hydrogens (tertiary/aromatic N) is 1. The summed E-state index contributed by atoms with van der Waals surface area (Å²) in [4.78, 5) is 0. The van der Waals surface area contributed by atoms with Crippen LogP contribution in [0.3, 0.4) is 0 Å². The van der Waals surface area contributed by atoms with Crippen molar-refractivity contribution in [3.63, 3.8) is 0 Å². The summed E-state index contributed by atoms with van der Waals surface area (Å²) < 4.78 is 8.84. The maximum Gasteiger partial charge on any atom is 0.250 e. The molecule has 1 aromatic heterocycles. The smallest absolute Gasteiger partial charge is 0.250 e. The van der Waals surface area contributed by atoms with Crippen LogP contribution in [0.25, 0.3) is 0 Å². The lowest BCUT2D eigenvalue weighted by molar-refractivity contribution is -0.518. The number of halogens is 1. The van der Waals surface area contributed by atoms with E-state index in [0.29, 0.717) is 0 Å². The highest BCUT2D eigenvalue weighted by atomic mass is 79.9. The van der Waals surface area contributed by atoms with Crippen LogP contribution in [-0.2, 0) is 6.42 Å². The molecule has 0 atom stereocenters. The van der Waals surface area contributed by atoms with Crippen LogP contribution in [0.2, 0.25) is 0 Å². The molecule has 2 heterocycles. The molecule has 3 heteroatoms. The van der Waals surface area contributed by atoms with Gasteiger partial charge in [-0.1, -0.05) is 24.8 Å². The number of fused-ring (bicyclic) bond motifs is 1. The Morgan fingerprint density at radius 1 is 1.26 bits per heavy atom. The van der Waals surface area contributed by atoms with Gasteiger partial charge in [0.05, 0.1) is 5.56 Å². The van der Waals surface area contributed by atoms with Crippen molar-refractivity contribution in [3.8, 4) is 0 Å². The molecule has 0 unspecified atom stereocenters. The number of benzene rings is 1. The molecule has 0 radical (unpaired) electrons. The van der Waals surface area contributed by atoms with E-state index >= 15 is 0 Å². The summed E-state index contributed by atoms with van der Waals surface area (Å²) in [6.07, 6.45) is 3.00. The highest BCUT2D eigenvalue weighted by Crippen LogP contribution is 2.23. The molecule has 3 rings (SSSR count). The Hall–Kier alpha value is -1.61. The Bertz CT molecular complexity index is 654. The third kappa shape index (κ3) is 2.30. The van der Waals surface area contributed by atoms with Crippen LogP contribution in [0.15, 0.2) is 58.1 Å². The van der Waals surface area contributed by atoms with Crippen LogP contribution in [-0.4, -0.2) is 23.4 Å². The van der Waals surface area contributed by atoms with Crippen LogP contribution in [0.1, 0.15) is 16.9 Å². The molecular weight excluding hydrogens is 302 g/mol. The first-order valence-electron chi connectivity index (χ1n) is 6.36. The molecular formula is C16H15BrNO+. The van der Waals surface area contributed by atoms with Crippen LogP contribution in [0.5, 0.6) is 0 Å². The Labute approximate surface area is 121 Å². The normalized spacial score (nSPS) is 14.4. The lowest BCUT2D eigenvalue weighted by atomic mass is 9.95. The zero-order valence-corrected chi connectivity index (χ0v) is 12.2. The Morgan fingerprint density at radius 3 is 2.84 bits per heavy atom. The molecule has 0 spiro atoms. The molecule has 0 bridgehead atoms. The lowest BCUT2D eigenvalue weighted by Gasteiger charge is -2.16. The fraction of sp³-hybridized carbons (Fsp3) is 0.188. The van der Waals surface area contributed by atoms with Crippen molar-refractivity contribution >= 4 is 21.6 Å². The molecule has 2 aromatic rings. The summed E-state index contributed by atoms with van der Waals surface area (Å²) in [7, 11) is 0. The minimum Gasteiger partial charge on any atom is -0.443 e. The van der Waals surface area contributed by atoms with Crippen molar-refractivity contribution in [1.29, 1.82) is 0 Å². The van der Waals surface area contributed by atoms with Gasteiger partial charge in [0.2, 0.25) is 0 Å². The molecule has 0 amide bonds. The zero-order valence-electron chi connectivity index (χ0n) is 10.6. The van der Waals surface area contributed by atoms with Crippen LogP contribution in [0.4, 0.5) is 0 Å². The summed E-state index contributed by atoms with van der Waals surface area (Å²) in [5.41, 5.74) is 3.80. The largest absolute Gasteiger partial charge is 0.443 e. The third-order valence-corrected chi connectivity index (χ3v) is 3.82. The van der Waals surface area contributed by atoms with Gasteiger partial charge in [-0.25, -0.2) is 4.58 Å². The van der Waals surface area contributed by atoms with Gasteiger partial charge >= 0.3 is 0 Å². The average molecular weight is 317 g/mol. The molecule has 1 aliphatic heterocycles. The molecule has 0 N–H and O–H groups in total. The first kappa shape index (κ1) is 12.4. The summed E-state index contributed by atoms with van der Waals surface area (Å²) in [6.45, 7) is 5.68. The first-order valence-corrected chi connectivity index (χ1v) is 7.15. The van der Waals surface area contributed by atoms with E-state index in [1.807, 2.05) is 18.2 Å². The average Bonchev–Trinajstić information content (AvgIpc) is 2.85. The van der Waals surface area contributed by atoms with Crippen molar-refractivity contribution in [1.82, 2.24) is 0 Å². The second kappa shape index (κ2) is 5.17. The van der Waals surface area contributed by atoms with Crippen molar-refractivity contribution in [2.24, 2.45) is 0 Å². The van der Waals surface area contributed by atoms with Gasteiger partial charge in [-0.05, 0) is 45.8 Å². The SMILES string of the molecule is C=CC[N+]1=C(c2ccc(Br)o2)c2ccccc2CC1. The number of hydrogen-bond donors (Lipinski definition) is 0. The van der Waals surface area contributed by atoms with E-state index in [4.69, 9.17) is 4.42 Å². The van der Waals surface area contributed by atoms with E-state index in [1.54, 1.807) is 0 Å². The number of furan rings is 1. The summed E-state index contributed by atoms with van der Waals surface area (Å²) in [5.74, 6) is 0.904. The predicted molar refractivity (Wildman–Crippen MR) is 80.0 cm³/mol. The Morgan fingerprint density at radius 2 is 2.11 bits per heavy atom. The van der Waals surface area contributed by atoms with E-state index < -0.39 is 0 Å². The zero-order chi connectivity index (χ0) is 13.2. The van der Waals surface area contributed by atoms with Gasteiger partial charge in [-0.15, -0.1) is 0 Å². The highest BCUT2D eigenvalue weighted by molar-refractivity contribution is 9.10. The predicted octanol–water partition coefficient (Wildman–Crippen LogP) is 3.63. The molecule has 96 valence electrons. The first-order chi connectivity index (χ1) is 9.29. The van der Waals surface area contributed by atoms with E-state index in [9.17, 15) is 0 Å². The van der Waals surface area contributed by atoms with Crippen molar-refractivity contribution < 1.29 is 8.99 Å². The van der Waals surface area contributed by atoms with Crippen molar-refractivity contribution in [2.45, 2.75) is 6.42 Å². The van der Waals surface area contributed by atoms with Gasteiger partial charge in [-0.3, -0.25) is 0 Å². The minimum absolute atomic E-state index is 0.761. The van der Waals surface area contributed by atoms with Crippen molar-refractivity contribution in [3.05, 3.63) is 70.6 Å². The maximum absolute atomic E-state index is 5.76. The summed E-state index contributed by atoms with van der Waals surface area (Å²) in [6, 6.07) is 12.5. The maximum atomic E-state index is 5.76. The van der Waals surface area contributed by atoms with E-state index in [2.05, 4.69) is 51.3 Å². The Kier molecular flexibility index (Phi) is 3.38. The Balaban J connectivity index is 2.20. The molecule has 0 fully saturated rings. The van der Waals surface area contributed by atoms with Crippen LogP contribution >= 0.6 is 15.9 Å². The summed E-state index contributed by atoms with van der Waals surface area (Å²) in [5, 5.41) is 0. The fourth-order valence-corrected chi connectivity index (χ4v) is 2.88. The molecule has 2 nitrogen and oxygen atoms in total. The molecule has 1 aromatic carbocycles. The van der Waals surface area contributed by atoms with E-state index in [0.717, 1.165) is 35.7 Å². The molecule has 0 saturated carbocycles. The monoisotopic (exact) mass is 316 g/mol. The van der Waals surface area contributed by atoms with Gasteiger partial charge in [0.15, 0.2) is 17.0 Å². The third-order valence-electron chi connectivity index (χ3n) is 3.40.